The fourth-order valence-electron chi connectivity index (χ4n) is 0.994. The molecule has 0 spiro atoms. The molecule has 0 heterocycles. The highest BCUT2D eigenvalue weighted by Gasteiger charge is 2.06. The van der Waals surface area contributed by atoms with Crippen molar-refractivity contribution < 1.29 is 20.1 Å². The maximum Gasteiger partial charge on any atom is 0.322 e. The van der Waals surface area contributed by atoms with E-state index in [1.807, 2.05) is 0 Å². The van der Waals surface area contributed by atoms with Crippen LogP contribution in [-0.2, 0) is 4.79 Å². The van der Waals surface area contributed by atoms with Crippen molar-refractivity contribution in [1.82, 2.24) is 0 Å². The van der Waals surface area contributed by atoms with Crippen molar-refractivity contribution in [3.05, 3.63) is 17.7 Å². The van der Waals surface area contributed by atoms with E-state index in [2.05, 4.69) is 5.32 Å². The van der Waals surface area contributed by atoms with Crippen LogP contribution in [0.15, 0.2) is 12.1 Å². The summed E-state index contributed by atoms with van der Waals surface area (Å²) in [5.74, 6) is -1.11. The first-order valence-corrected chi connectivity index (χ1v) is 3.99. The van der Waals surface area contributed by atoms with Crippen LogP contribution in [0.1, 0.15) is 5.56 Å². The first-order valence-electron chi connectivity index (χ1n) is 3.99. The van der Waals surface area contributed by atoms with Crippen LogP contribution in [0.5, 0.6) is 11.5 Å². The molecule has 0 radical (unpaired) electrons. The van der Waals surface area contributed by atoms with Crippen LogP contribution >= 0.6 is 0 Å². The highest BCUT2D eigenvalue weighted by molar-refractivity contribution is 5.74. The van der Waals surface area contributed by atoms with E-state index >= 15 is 0 Å². The van der Waals surface area contributed by atoms with E-state index in [9.17, 15) is 15.0 Å². The minimum atomic E-state index is -1.04. The standard InChI is InChI=1S/C9H11NO4/c1-5-2-8(12)6(3-7(5)11)10-4-9(13)14/h2-3,10-12H,4H2,1H3,(H,13,14). The number of phenols is 2. The molecule has 0 atom stereocenters. The second kappa shape index (κ2) is 3.87. The molecule has 0 saturated heterocycles. The van der Waals surface area contributed by atoms with Crippen LogP contribution in [-0.4, -0.2) is 27.8 Å². The van der Waals surface area contributed by atoms with Crippen molar-refractivity contribution in [3.63, 3.8) is 0 Å². The van der Waals surface area contributed by atoms with Gasteiger partial charge in [0.25, 0.3) is 0 Å². The van der Waals surface area contributed by atoms with Gasteiger partial charge in [-0.3, -0.25) is 4.79 Å². The van der Waals surface area contributed by atoms with E-state index < -0.39 is 5.97 Å². The Morgan fingerprint density at radius 2 is 2.00 bits per heavy atom. The highest BCUT2D eigenvalue weighted by Crippen LogP contribution is 2.30. The monoisotopic (exact) mass is 197 g/mol. The predicted molar refractivity (Wildman–Crippen MR) is 50.6 cm³/mol. The van der Waals surface area contributed by atoms with Crippen molar-refractivity contribution in [3.8, 4) is 11.5 Å². The summed E-state index contributed by atoms with van der Waals surface area (Å²) in [4.78, 5) is 10.2. The fourth-order valence-corrected chi connectivity index (χ4v) is 0.994. The van der Waals surface area contributed by atoms with Crippen LogP contribution in [0, 0.1) is 6.92 Å². The molecule has 1 rings (SSSR count). The third-order valence-electron chi connectivity index (χ3n) is 1.74. The fraction of sp³-hybridized carbons (Fsp3) is 0.222. The molecular formula is C9H11NO4. The number of benzene rings is 1. The number of nitrogens with one attached hydrogen (secondary N) is 1. The zero-order chi connectivity index (χ0) is 10.7. The number of phenolic OH excluding ortho intramolecular Hbond substituents is 2. The number of carboxylic acids is 1. The smallest absolute Gasteiger partial charge is 0.322 e. The van der Waals surface area contributed by atoms with E-state index in [4.69, 9.17) is 5.11 Å². The third-order valence-corrected chi connectivity index (χ3v) is 1.74. The van der Waals surface area contributed by atoms with Gasteiger partial charge < -0.3 is 20.6 Å². The average molecular weight is 197 g/mol. The van der Waals surface area contributed by atoms with Crippen molar-refractivity contribution >= 4 is 11.7 Å². The minimum absolute atomic E-state index is 0.00990. The summed E-state index contributed by atoms with van der Waals surface area (Å²) in [7, 11) is 0. The van der Waals surface area contributed by atoms with Gasteiger partial charge in [0, 0.05) is 6.07 Å². The molecule has 1 aromatic carbocycles. The number of aromatic hydroxyl groups is 2. The quantitative estimate of drug-likeness (QED) is 0.427. The number of carbonyl (C=O) groups is 1. The molecule has 76 valence electrons. The number of rotatable bonds is 3. The van der Waals surface area contributed by atoms with Gasteiger partial charge in [-0.05, 0) is 18.6 Å². The Bertz CT molecular complexity index is 362. The van der Waals surface area contributed by atoms with Crippen molar-refractivity contribution in [1.29, 1.82) is 0 Å². The highest BCUT2D eigenvalue weighted by atomic mass is 16.4. The van der Waals surface area contributed by atoms with Crippen molar-refractivity contribution in [2.45, 2.75) is 6.92 Å². The van der Waals surface area contributed by atoms with E-state index in [0.717, 1.165) is 0 Å². The zero-order valence-corrected chi connectivity index (χ0v) is 7.61. The van der Waals surface area contributed by atoms with Gasteiger partial charge in [0.2, 0.25) is 0 Å². The summed E-state index contributed by atoms with van der Waals surface area (Å²) < 4.78 is 0. The van der Waals surface area contributed by atoms with Gasteiger partial charge in [0.05, 0.1) is 5.69 Å². The Morgan fingerprint density at radius 1 is 1.36 bits per heavy atom. The zero-order valence-electron chi connectivity index (χ0n) is 7.61. The van der Waals surface area contributed by atoms with Gasteiger partial charge >= 0.3 is 5.97 Å². The average Bonchev–Trinajstić information content (AvgIpc) is 2.09. The first-order chi connectivity index (χ1) is 6.50. The molecule has 0 aromatic heterocycles. The SMILES string of the molecule is Cc1cc(O)c(NCC(=O)O)cc1O. The number of hydrogen-bond acceptors (Lipinski definition) is 4. The predicted octanol–water partition coefficient (Wildman–Crippen LogP) is 0.903. The van der Waals surface area contributed by atoms with Gasteiger partial charge in [-0.15, -0.1) is 0 Å². The second-order valence-electron chi connectivity index (χ2n) is 2.90. The molecule has 0 fully saturated rings. The topological polar surface area (TPSA) is 89.8 Å². The lowest BCUT2D eigenvalue weighted by molar-refractivity contribution is -0.134. The van der Waals surface area contributed by atoms with E-state index in [1.54, 1.807) is 6.92 Å². The summed E-state index contributed by atoms with van der Waals surface area (Å²) in [5, 5.41) is 29.5. The van der Waals surface area contributed by atoms with E-state index in [1.165, 1.54) is 12.1 Å². The largest absolute Gasteiger partial charge is 0.508 e. The number of anilines is 1. The van der Waals surface area contributed by atoms with Crippen LogP contribution in [0.4, 0.5) is 5.69 Å². The minimum Gasteiger partial charge on any atom is -0.508 e. The molecule has 0 amide bonds. The van der Waals surface area contributed by atoms with Gasteiger partial charge in [-0.2, -0.15) is 0 Å². The van der Waals surface area contributed by atoms with Crippen LogP contribution in [0.3, 0.4) is 0 Å². The lowest BCUT2D eigenvalue weighted by Gasteiger charge is -2.08. The Morgan fingerprint density at radius 3 is 2.57 bits per heavy atom. The summed E-state index contributed by atoms with van der Waals surface area (Å²) in [5.41, 5.74) is 0.735. The molecule has 5 nitrogen and oxygen atoms in total. The molecule has 0 aliphatic carbocycles. The maximum atomic E-state index is 10.2. The van der Waals surface area contributed by atoms with Gasteiger partial charge in [-0.1, -0.05) is 0 Å². The van der Waals surface area contributed by atoms with Gasteiger partial charge in [-0.25, -0.2) is 0 Å². The van der Waals surface area contributed by atoms with Crippen molar-refractivity contribution in [2.75, 3.05) is 11.9 Å². The molecule has 0 aliphatic rings. The molecule has 0 bridgehead atoms. The molecule has 14 heavy (non-hydrogen) atoms. The molecule has 1 aromatic rings. The van der Waals surface area contributed by atoms with Gasteiger partial charge in [0.1, 0.15) is 18.0 Å². The van der Waals surface area contributed by atoms with Crippen molar-refractivity contribution in [2.24, 2.45) is 0 Å². The molecule has 5 heteroatoms. The van der Waals surface area contributed by atoms with Gasteiger partial charge in [0.15, 0.2) is 0 Å². The Labute approximate surface area is 80.6 Å². The maximum absolute atomic E-state index is 10.2. The number of hydrogen-bond donors (Lipinski definition) is 4. The summed E-state index contributed by atoms with van der Waals surface area (Å²) >= 11 is 0. The molecule has 0 unspecified atom stereocenters. The third kappa shape index (κ3) is 2.29. The summed E-state index contributed by atoms with van der Waals surface area (Å²) in [6, 6.07) is 2.65. The van der Waals surface area contributed by atoms with E-state index in [-0.39, 0.29) is 23.7 Å². The van der Waals surface area contributed by atoms with E-state index in [0.29, 0.717) is 5.56 Å². The van der Waals surface area contributed by atoms with Crippen LogP contribution in [0.2, 0.25) is 0 Å². The molecule has 0 saturated carbocycles. The van der Waals surface area contributed by atoms with Crippen LogP contribution in [0.25, 0.3) is 0 Å². The Hall–Kier alpha value is -1.91. The Kier molecular flexibility index (Phi) is 2.81. The number of aliphatic carboxylic acids is 1. The summed E-state index contributed by atoms with van der Waals surface area (Å²) in [6.45, 7) is 1.33. The second-order valence-corrected chi connectivity index (χ2v) is 2.90. The normalized spacial score (nSPS) is 9.79. The molecular weight excluding hydrogens is 186 g/mol. The number of carboxylic acid groups (broad SMARTS) is 1. The van der Waals surface area contributed by atoms with Crippen LogP contribution < -0.4 is 5.32 Å². The molecule has 4 N–H and O–H groups in total. The first kappa shape index (κ1) is 10.2. The number of aryl methyl sites for hydroxylation is 1. The Balaban J connectivity index is 2.87. The summed E-state index contributed by atoms with van der Waals surface area (Å²) in [6.07, 6.45) is 0. The lowest BCUT2D eigenvalue weighted by Crippen LogP contribution is -2.12. The lowest BCUT2D eigenvalue weighted by atomic mass is 10.2. The molecule has 0 aliphatic heterocycles.